The molecule has 0 bridgehead atoms. The summed E-state index contributed by atoms with van der Waals surface area (Å²) in [6.45, 7) is 4.50. The molecular weight excluding hydrogens is 579 g/mol. The van der Waals surface area contributed by atoms with Gasteiger partial charge < -0.3 is 0 Å². The zero-order valence-corrected chi connectivity index (χ0v) is 26.3. The van der Waals surface area contributed by atoms with Crippen molar-refractivity contribution >= 4 is 22.5 Å². The fraction of sp³-hybridized carbons (Fsp3) is 0.0714. The van der Waals surface area contributed by atoms with E-state index in [4.69, 9.17) is 9.97 Å². The monoisotopic (exact) mass is 607 g/mol. The summed E-state index contributed by atoms with van der Waals surface area (Å²) in [5, 5.41) is 11.8. The highest BCUT2D eigenvalue weighted by Gasteiger charge is 2.33. The van der Waals surface area contributed by atoms with Crippen LogP contribution in [0.5, 0.6) is 0 Å². The van der Waals surface area contributed by atoms with E-state index in [9.17, 15) is 5.26 Å². The first-order valence-electron chi connectivity index (χ1n) is 15.4. The summed E-state index contributed by atoms with van der Waals surface area (Å²) in [5.41, 5.74) is 10.3. The van der Waals surface area contributed by atoms with Gasteiger partial charge in [-0.1, -0.05) is 135 Å². The third-order valence-electron chi connectivity index (χ3n) is 8.99. The lowest BCUT2D eigenvalue weighted by Gasteiger charge is -2.35. The molecule has 6 aromatic carbocycles. The van der Waals surface area contributed by atoms with Crippen LogP contribution in [0.1, 0.15) is 30.5 Å². The number of benzene rings is 6. The largest absolute Gasteiger partial charge is 0.228 e. The predicted octanol–water partition coefficient (Wildman–Crippen LogP) is 11.0. The number of fused-ring (bicyclic) bond motifs is 3. The van der Waals surface area contributed by atoms with Gasteiger partial charge in [-0.15, -0.1) is 0 Å². The van der Waals surface area contributed by atoms with Gasteiger partial charge in [0.15, 0.2) is 5.82 Å². The molecule has 0 radical (unpaired) electrons. The van der Waals surface area contributed by atoms with Crippen LogP contribution in [0.2, 0.25) is 0 Å². The molecule has 0 unspecified atom stereocenters. The maximum Gasteiger partial charge on any atom is 0.160 e. The average Bonchev–Trinajstić information content (AvgIpc) is 3.11. The van der Waals surface area contributed by atoms with Crippen LogP contribution in [-0.4, -0.2) is 9.97 Å². The Hall–Kier alpha value is -5.50. The normalized spacial score (nSPS) is 13.1. The van der Waals surface area contributed by atoms with E-state index in [0.29, 0.717) is 11.4 Å². The van der Waals surface area contributed by atoms with Gasteiger partial charge in [-0.25, -0.2) is 9.97 Å². The first kappa shape index (κ1) is 28.0. The molecule has 1 aromatic heterocycles. The van der Waals surface area contributed by atoms with E-state index in [2.05, 4.69) is 129 Å². The van der Waals surface area contributed by atoms with Crippen molar-refractivity contribution in [2.45, 2.75) is 29.1 Å². The smallest absolute Gasteiger partial charge is 0.160 e. The minimum Gasteiger partial charge on any atom is -0.228 e. The first-order chi connectivity index (χ1) is 22.5. The summed E-state index contributed by atoms with van der Waals surface area (Å²) in [7, 11) is 0. The molecule has 8 rings (SSSR count). The van der Waals surface area contributed by atoms with Gasteiger partial charge in [-0.3, -0.25) is 0 Å². The zero-order chi connectivity index (χ0) is 31.3. The van der Waals surface area contributed by atoms with Crippen molar-refractivity contribution in [3.8, 4) is 51.1 Å². The summed E-state index contributed by atoms with van der Waals surface area (Å²) in [4.78, 5) is 12.6. The molecule has 46 heavy (non-hydrogen) atoms. The van der Waals surface area contributed by atoms with Crippen LogP contribution in [0.25, 0.3) is 55.8 Å². The van der Waals surface area contributed by atoms with E-state index < -0.39 is 0 Å². The third-order valence-corrected chi connectivity index (χ3v) is 10.1. The Kier molecular flexibility index (Phi) is 6.78. The van der Waals surface area contributed by atoms with Crippen molar-refractivity contribution in [1.82, 2.24) is 9.97 Å². The number of hydrogen-bond acceptors (Lipinski definition) is 4. The molecule has 0 saturated heterocycles. The fourth-order valence-electron chi connectivity index (χ4n) is 6.47. The van der Waals surface area contributed by atoms with Gasteiger partial charge in [0.2, 0.25) is 0 Å². The Morgan fingerprint density at radius 1 is 0.565 bits per heavy atom. The highest BCUT2D eigenvalue weighted by Crippen LogP contribution is 2.50. The van der Waals surface area contributed by atoms with E-state index in [1.54, 1.807) is 11.8 Å². The van der Waals surface area contributed by atoms with Crippen LogP contribution in [0, 0.1) is 11.3 Å². The fourth-order valence-corrected chi connectivity index (χ4v) is 7.89. The molecule has 0 spiro atoms. The Morgan fingerprint density at radius 2 is 1.28 bits per heavy atom. The van der Waals surface area contributed by atoms with Crippen molar-refractivity contribution in [3.05, 3.63) is 156 Å². The highest BCUT2D eigenvalue weighted by molar-refractivity contribution is 7.99. The van der Waals surface area contributed by atoms with Gasteiger partial charge in [0, 0.05) is 31.9 Å². The van der Waals surface area contributed by atoms with Gasteiger partial charge >= 0.3 is 0 Å². The van der Waals surface area contributed by atoms with Crippen LogP contribution in [0.4, 0.5) is 0 Å². The van der Waals surface area contributed by atoms with Crippen molar-refractivity contribution in [1.29, 1.82) is 5.26 Å². The second-order valence-corrected chi connectivity index (χ2v) is 13.3. The molecular formula is C42H29N3S. The number of aromatic nitrogens is 2. The molecule has 0 aliphatic carbocycles. The molecule has 0 amide bonds. The van der Waals surface area contributed by atoms with E-state index in [0.717, 1.165) is 33.6 Å². The molecule has 4 heteroatoms. The van der Waals surface area contributed by atoms with Crippen LogP contribution in [0.3, 0.4) is 0 Å². The molecule has 3 nitrogen and oxygen atoms in total. The molecule has 0 N–H and O–H groups in total. The molecule has 218 valence electrons. The summed E-state index contributed by atoms with van der Waals surface area (Å²) in [5.74, 6) is 0.710. The SMILES string of the molecule is CC1(C)c2ccc(-c3ccc(-c4cc(-c5cccc6ccccc56)nc(-c5ccccc5)n4)cc3)cc2Sc2ccc(C#N)cc21. The van der Waals surface area contributed by atoms with Gasteiger partial charge in [0.25, 0.3) is 0 Å². The highest BCUT2D eigenvalue weighted by atomic mass is 32.2. The first-order valence-corrected chi connectivity index (χ1v) is 16.2. The van der Waals surface area contributed by atoms with Crippen LogP contribution < -0.4 is 0 Å². The molecule has 1 aliphatic rings. The molecule has 0 atom stereocenters. The van der Waals surface area contributed by atoms with Crippen molar-refractivity contribution in [3.63, 3.8) is 0 Å². The molecule has 2 heterocycles. The summed E-state index contributed by atoms with van der Waals surface area (Å²) in [6.07, 6.45) is 0. The standard InChI is InChI=1S/C42H29N3S/c1-42(2)35-21-20-32(24-40(35)46-39-22-15-27(26-43)23-36(39)42)28-16-18-30(19-17-28)37-25-38(45-41(44-37)31-10-4-3-5-11-31)34-14-8-12-29-9-6-7-13-33(29)34/h3-25H,1-2H3. The molecule has 0 saturated carbocycles. The van der Waals surface area contributed by atoms with Crippen molar-refractivity contribution in [2.75, 3.05) is 0 Å². The maximum atomic E-state index is 9.47. The van der Waals surface area contributed by atoms with Crippen LogP contribution in [0.15, 0.2) is 149 Å². The summed E-state index contributed by atoms with van der Waals surface area (Å²) >= 11 is 1.79. The number of nitriles is 1. The number of rotatable bonds is 4. The van der Waals surface area contributed by atoms with Gasteiger partial charge in [-0.2, -0.15) is 5.26 Å². The van der Waals surface area contributed by atoms with Crippen molar-refractivity contribution < 1.29 is 0 Å². The quantitative estimate of drug-likeness (QED) is 0.200. The average molecular weight is 608 g/mol. The van der Waals surface area contributed by atoms with Gasteiger partial charge in [0.1, 0.15) is 0 Å². The molecule has 7 aromatic rings. The lowest BCUT2D eigenvalue weighted by molar-refractivity contribution is 0.607. The lowest BCUT2D eigenvalue weighted by Crippen LogP contribution is -2.23. The molecule has 1 aliphatic heterocycles. The lowest BCUT2D eigenvalue weighted by atomic mass is 9.77. The van der Waals surface area contributed by atoms with E-state index >= 15 is 0 Å². The Labute approximate surface area is 273 Å². The second-order valence-electron chi connectivity index (χ2n) is 12.2. The predicted molar refractivity (Wildman–Crippen MR) is 189 cm³/mol. The molecule has 0 fully saturated rings. The minimum atomic E-state index is -0.184. The topological polar surface area (TPSA) is 49.6 Å². The van der Waals surface area contributed by atoms with E-state index in [1.165, 1.54) is 37.3 Å². The Balaban J connectivity index is 1.18. The summed E-state index contributed by atoms with van der Waals surface area (Å²) in [6, 6.07) is 50.9. The Morgan fingerprint density at radius 3 is 2.11 bits per heavy atom. The zero-order valence-electron chi connectivity index (χ0n) is 25.5. The van der Waals surface area contributed by atoms with Gasteiger partial charge in [0.05, 0.1) is 23.0 Å². The third kappa shape index (κ3) is 4.86. The van der Waals surface area contributed by atoms with Crippen LogP contribution in [-0.2, 0) is 5.41 Å². The van der Waals surface area contributed by atoms with Crippen LogP contribution >= 0.6 is 11.8 Å². The number of nitrogens with zero attached hydrogens (tertiary/aromatic N) is 3. The maximum absolute atomic E-state index is 9.47. The Bertz CT molecular complexity index is 2310. The van der Waals surface area contributed by atoms with Crippen molar-refractivity contribution in [2.24, 2.45) is 0 Å². The van der Waals surface area contributed by atoms with E-state index in [1.807, 2.05) is 30.3 Å². The number of hydrogen-bond donors (Lipinski definition) is 0. The summed E-state index contributed by atoms with van der Waals surface area (Å²) < 4.78 is 0. The second kappa shape index (κ2) is 11.1. The minimum absolute atomic E-state index is 0.184. The van der Waals surface area contributed by atoms with Gasteiger partial charge in [-0.05, 0) is 63.4 Å². The van der Waals surface area contributed by atoms with E-state index in [-0.39, 0.29) is 5.41 Å².